The molecule has 2 aliphatic rings. The fraction of sp³-hybridized carbons (Fsp3) is 0.467. The molecule has 0 aliphatic carbocycles. The maximum Gasteiger partial charge on any atom is 0.260 e. The molecule has 0 unspecified atom stereocenters. The van der Waals surface area contributed by atoms with Crippen LogP contribution in [-0.4, -0.2) is 36.4 Å². The molecule has 1 aromatic rings. The number of nitrogens with zero attached hydrogens (tertiary/aromatic N) is 1. The van der Waals surface area contributed by atoms with Crippen molar-refractivity contribution in [2.45, 2.75) is 25.7 Å². The molecule has 2 heterocycles. The third-order valence-corrected chi connectivity index (χ3v) is 3.81. The highest BCUT2D eigenvalue weighted by atomic mass is 16.5. The van der Waals surface area contributed by atoms with Gasteiger partial charge in [-0.2, -0.15) is 0 Å². The molecule has 0 radical (unpaired) electrons. The predicted molar refractivity (Wildman–Crippen MR) is 74.7 cm³/mol. The summed E-state index contributed by atoms with van der Waals surface area (Å²) >= 11 is 0. The Morgan fingerprint density at radius 3 is 2.85 bits per heavy atom. The van der Waals surface area contributed by atoms with E-state index in [-0.39, 0.29) is 18.4 Å². The summed E-state index contributed by atoms with van der Waals surface area (Å²) in [6.07, 6.45) is 3.37. The minimum Gasteiger partial charge on any atom is -0.482 e. The Morgan fingerprint density at radius 1 is 1.25 bits per heavy atom. The van der Waals surface area contributed by atoms with Gasteiger partial charge in [-0.25, -0.2) is 0 Å². The second-order valence-corrected chi connectivity index (χ2v) is 5.22. The van der Waals surface area contributed by atoms with E-state index in [1.807, 2.05) is 17.0 Å². The SMILES string of the molecule is O=C1CCc2cccc(OCC(=O)N3CCCC3)c2N1. The van der Waals surface area contributed by atoms with Gasteiger partial charge in [0.15, 0.2) is 6.61 Å². The Labute approximate surface area is 117 Å². The number of amides is 2. The highest BCUT2D eigenvalue weighted by molar-refractivity contribution is 5.95. The van der Waals surface area contributed by atoms with Crippen molar-refractivity contribution in [1.29, 1.82) is 0 Å². The summed E-state index contributed by atoms with van der Waals surface area (Å²) in [5.41, 5.74) is 1.79. The summed E-state index contributed by atoms with van der Waals surface area (Å²) in [5.74, 6) is 0.602. The van der Waals surface area contributed by atoms with Gasteiger partial charge in [0.1, 0.15) is 5.75 Å². The van der Waals surface area contributed by atoms with E-state index in [1.54, 1.807) is 6.07 Å². The van der Waals surface area contributed by atoms with Gasteiger partial charge in [0.25, 0.3) is 5.91 Å². The van der Waals surface area contributed by atoms with Crippen molar-refractivity contribution in [2.75, 3.05) is 25.0 Å². The van der Waals surface area contributed by atoms with Crippen LogP contribution in [0.2, 0.25) is 0 Å². The van der Waals surface area contributed by atoms with Crippen molar-refractivity contribution < 1.29 is 14.3 Å². The van der Waals surface area contributed by atoms with Crippen LogP contribution in [0.4, 0.5) is 5.69 Å². The van der Waals surface area contributed by atoms with Crippen molar-refractivity contribution >= 4 is 17.5 Å². The Bertz CT molecular complexity index is 536. The number of aryl methyl sites for hydroxylation is 1. The number of nitrogens with one attached hydrogen (secondary N) is 1. The highest BCUT2D eigenvalue weighted by Crippen LogP contribution is 2.32. The van der Waals surface area contributed by atoms with Crippen molar-refractivity contribution in [3.8, 4) is 5.75 Å². The first kappa shape index (κ1) is 13.0. The molecule has 106 valence electrons. The number of carbonyl (C=O) groups is 2. The number of carbonyl (C=O) groups excluding carboxylic acids is 2. The lowest BCUT2D eigenvalue weighted by Crippen LogP contribution is -2.32. The second-order valence-electron chi connectivity index (χ2n) is 5.22. The molecular formula is C15H18N2O3. The van der Waals surface area contributed by atoms with Crippen molar-refractivity contribution in [3.63, 3.8) is 0 Å². The fourth-order valence-electron chi connectivity index (χ4n) is 2.69. The maximum atomic E-state index is 12.0. The number of para-hydroxylation sites is 1. The molecule has 1 saturated heterocycles. The summed E-state index contributed by atoms with van der Waals surface area (Å²) in [6.45, 7) is 1.68. The van der Waals surface area contributed by atoms with Crippen LogP contribution < -0.4 is 10.1 Å². The van der Waals surface area contributed by atoms with Gasteiger partial charge in [-0.05, 0) is 30.9 Å². The Hall–Kier alpha value is -2.04. The largest absolute Gasteiger partial charge is 0.482 e. The van der Waals surface area contributed by atoms with Crippen molar-refractivity contribution in [3.05, 3.63) is 23.8 Å². The van der Waals surface area contributed by atoms with Crippen LogP contribution in [0.3, 0.4) is 0 Å². The highest BCUT2D eigenvalue weighted by Gasteiger charge is 2.21. The molecule has 1 N–H and O–H groups in total. The molecule has 3 rings (SSSR count). The molecule has 0 spiro atoms. The van der Waals surface area contributed by atoms with Crippen LogP contribution in [0, 0.1) is 0 Å². The molecule has 5 heteroatoms. The van der Waals surface area contributed by atoms with Crippen LogP contribution in [0.5, 0.6) is 5.75 Å². The van der Waals surface area contributed by atoms with E-state index in [2.05, 4.69) is 5.32 Å². The van der Waals surface area contributed by atoms with Gasteiger partial charge < -0.3 is 15.0 Å². The monoisotopic (exact) mass is 274 g/mol. The first-order chi connectivity index (χ1) is 9.74. The Balaban J connectivity index is 1.68. The number of hydrogen-bond donors (Lipinski definition) is 1. The van der Waals surface area contributed by atoms with Crippen molar-refractivity contribution in [2.24, 2.45) is 0 Å². The normalized spacial score (nSPS) is 17.6. The second kappa shape index (κ2) is 5.53. The number of hydrogen-bond acceptors (Lipinski definition) is 3. The smallest absolute Gasteiger partial charge is 0.260 e. The van der Waals surface area contributed by atoms with E-state index in [0.717, 1.165) is 43.6 Å². The Morgan fingerprint density at radius 2 is 2.05 bits per heavy atom. The van der Waals surface area contributed by atoms with Gasteiger partial charge in [-0.15, -0.1) is 0 Å². The quantitative estimate of drug-likeness (QED) is 0.910. The van der Waals surface area contributed by atoms with E-state index in [9.17, 15) is 9.59 Å². The van der Waals surface area contributed by atoms with Gasteiger partial charge in [0.2, 0.25) is 5.91 Å². The van der Waals surface area contributed by atoms with Crippen molar-refractivity contribution in [1.82, 2.24) is 4.90 Å². The summed E-state index contributed by atoms with van der Waals surface area (Å²) < 4.78 is 5.62. The average Bonchev–Trinajstić information content (AvgIpc) is 2.99. The summed E-state index contributed by atoms with van der Waals surface area (Å²) in [5, 5.41) is 2.83. The maximum absolute atomic E-state index is 12.0. The van der Waals surface area contributed by atoms with Gasteiger partial charge in [-0.3, -0.25) is 9.59 Å². The van der Waals surface area contributed by atoms with Gasteiger partial charge in [-0.1, -0.05) is 12.1 Å². The van der Waals surface area contributed by atoms with Crippen LogP contribution in [0.25, 0.3) is 0 Å². The van der Waals surface area contributed by atoms with Gasteiger partial charge in [0, 0.05) is 19.5 Å². The zero-order valence-corrected chi connectivity index (χ0v) is 11.4. The van der Waals surface area contributed by atoms with Crippen LogP contribution in [-0.2, 0) is 16.0 Å². The lowest BCUT2D eigenvalue weighted by atomic mass is 10.0. The number of fused-ring (bicyclic) bond motifs is 1. The van der Waals surface area contributed by atoms with Crippen LogP contribution >= 0.6 is 0 Å². The number of anilines is 1. The predicted octanol–water partition coefficient (Wildman–Crippen LogP) is 1.57. The van der Waals surface area contributed by atoms with Crippen LogP contribution in [0.15, 0.2) is 18.2 Å². The summed E-state index contributed by atoms with van der Waals surface area (Å²) in [4.78, 5) is 25.3. The fourth-order valence-corrected chi connectivity index (χ4v) is 2.69. The third-order valence-electron chi connectivity index (χ3n) is 3.81. The first-order valence-electron chi connectivity index (χ1n) is 7.06. The lowest BCUT2D eigenvalue weighted by molar-refractivity contribution is -0.132. The molecule has 0 bridgehead atoms. The number of benzene rings is 1. The third kappa shape index (κ3) is 2.61. The molecule has 2 amide bonds. The van der Waals surface area contributed by atoms with Gasteiger partial charge in [0.05, 0.1) is 5.69 Å². The average molecular weight is 274 g/mol. The molecule has 20 heavy (non-hydrogen) atoms. The standard InChI is InChI=1S/C15H18N2O3/c18-13-7-6-11-4-3-5-12(15(11)16-13)20-10-14(19)17-8-1-2-9-17/h3-5H,1-2,6-10H2,(H,16,18). The molecule has 0 atom stereocenters. The molecule has 5 nitrogen and oxygen atoms in total. The molecule has 0 saturated carbocycles. The topological polar surface area (TPSA) is 58.6 Å². The summed E-state index contributed by atoms with van der Waals surface area (Å²) in [6, 6.07) is 5.66. The Kier molecular flexibility index (Phi) is 3.58. The number of ether oxygens (including phenoxy) is 1. The molecule has 1 aromatic carbocycles. The molecular weight excluding hydrogens is 256 g/mol. The van der Waals surface area contributed by atoms with Crippen LogP contribution in [0.1, 0.15) is 24.8 Å². The molecule has 0 aromatic heterocycles. The minimum absolute atomic E-state index is 0.000538. The minimum atomic E-state index is -0.000538. The van der Waals surface area contributed by atoms with Gasteiger partial charge >= 0.3 is 0 Å². The van der Waals surface area contributed by atoms with E-state index < -0.39 is 0 Å². The van der Waals surface area contributed by atoms with E-state index >= 15 is 0 Å². The van der Waals surface area contributed by atoms with E-state index in [4.69, 9.17) is 4.74 Å². The molecule has 2 aliphatic heterocycles. The lowest BCUT2D eigenvalue weighted by Gasteiger charge is -2.21. The zero-order chi connectivity index (χ0) is 13.9. The van der Waals surface area contributed by atoms with E-state index in [1.165, 1.54) is 0 Å². The van der Waals surface area contributed by atoms with E-state index in [0.29, 0.717) is 12.2 Å². The number of rotatable bonds is 3. The number of likely N-dealkylation sites (tertiary alicyclic amines) is 1. The summed E-state index contributed by atoms with van der Waals surface area (Å²) in [7, 11) is 0. The first-order valence-corrected chi connectivity index (χ1v) is 7.06. The zero-order valence-electron chi connectivity index (χ0n) is 11.4. The molecule has 1 fully saturated rings.